The highest BCUT2D eigenvalue weighted by molar-refractivity contribution is 7.46. The summed E-state index contributed by atoms with van der Waals surface area (Å²) in [6.45, 7) is 0.566. The maximum absolute atomic E-state index is 11.3. The molecule has 0 saturated heterocycles. The van der Waals surface area contributed by atoms with Crippen LogP contribution in [0.3, 0.4) is 0 Å². The van der Waals surface area contributed by atoms with Crippen molar-refractivity contribution in [2.24, 2.45) is 10.2 Å². The van der Waals surface area contributed by atoms with E-state index in [0.717, 1.165) is 6.07 Å². The van der Waals surface area contributed by atoms with Crippen LogP contribution in [0, 0.1) is 17.0 Å². The number of pyridine rings is 1. The zero-order valence-corrected chi connectivity index (χ0v) is 15.7. The monoisotopic (exact) mass is 430 g/mol. The molecule has 0 aliphatic carbocycles. The van der Waals surface area contributed by atoms with E-state index in [0.29, 0.717) is 0 Å². The molecule has 0 fully saturated rings. The lowest BCUT2D eigenvalue weighted by molar-refractivity contribution is -0.384. The Hall–Kier alpha value is -2.76. The van der Waals surface area contributed by atoms with Crippen LogP contribution < -0.4 is 0 Å². The van der Waals surface area contributed by atoms with Gasteiger partial charge in [0, 0.05) is 11.6 Å². The quantitative estimate of drug-likeness (QED) is 0.194. The Morgan fingerprint density at radius 1 is 1.39 bits per heavy atom. The van der Waals surface area contributed by atoms with Gasteiger partial charge in [0.1, 0.15) is 10.8 Å². The normalized spacial score (nSPS) is 11.7. The molecule has 0 aliphatic heterocycles. The Bertz CT molecular complexity index is 1020. The Kier molecular flexibility index (Phi) is 6.54. The molecule has 0 amide bonds. The molecule has 2 aromatic rings. The molecule has 1 heterocycles. The van der Waals surface area contributed by atoms with Crippen molar-refractivity contribution < 1.29 is 33.7 Å². The predicted octanol–water partition coefficient (Wildman–Crippen LogP) is 3.49. The van der Waals surface area contributed by atoms with Gasteiger partial charge in [-0.05, 0) is 19.1 Å². The average Bonchev–Trinajstić information content (AvgIpc) is 2.61. The van der Waals surface area contributed by atoms with Gasteiger partial charge in [0.25, 0.3) is 5.69 Å². The Morgan fingerprint density at radius 2 is 2.07 bits per heavy atom. The van der Waals surface area contributed by atoms with E-state index in [4.69, 9.17) is 21.4 Å². The smallest absolute Gasteiger partial charge is 0.469 e. The number of carbonyl (C=O) groups is 1. The third-order valence-corrected chi connectivity index (χ3v) is 4.13. The second-order valence-electron chi connectivity index (χ2n) is 5.24. The van der Waals surface area contributed by atoms with Crippen LogP contribution >= 0.6 is 19.4 Å². The molecule has 0 aliphatic rings. The number of hydrogen-bond acceptors (Lipinski definition) is 9. The van der Waals surface area contributed by atoms with Crippen molar-refractivity contribution in [1.82, 2.24) is 4.98 Å². The van der Waals surface area contributed by atoms with Gasteiger partial charge in [0.2, 0.25) is 0 Å². The predicted molar refractivity (Wildman–Crippen MR) is 95.1 cm³/mol. The van der Waals surface area contributed by atoms with Crippen LogP contribution in [-0.2, 0) is 15.7 Å². The van der Waals surface area contributed by atoms with E-state index in [-0.39, 0.29) is 39.6 Å². The van der Waals surface area contributed by atoms with Crippen molar-refractivity contribution in [3.05, 3.63) is 50.2 Å². The third-order valence-electron chi connectivity index (χ3n) is 3.35. The van der Waals surface area contributed by atoms with Crippen LogP contribution in [-0.4, -0.2) is 31.1 Å². The van der Waals surface area contributed by atoms with E-state index < -0.39 is 30.8 Å². The number of aromatic hydroxyl groups is 1. The third kappa shape index (κ3) is 5.15. The number of aryl methyl sites for hydroxylation is 1. The number of rotatable bonds is 7. The van der Waals surface area contributed by atoms with E-state index in [1.54, 1.807) is 0 Å². The molecule has 3 N–H and O–H groups in total. The topological polar surface area (TPSA) is 185 Å². The fourth-order valence-corrected chi connectivity index (χ4v) is 2.53. The lowest BCUT2D eigenvalue weighted by Crippen LogP contribution is -2.01. The van der Waals surface area contributed by atoms with E-state index in [1.165, 1.54) is 19.1 Å². The van der Waals surface area contributed by atoms with Gasteiger partial charge in [-0.1, -0.05) is 11.6 Å². The molecule has 0 saturated carbocycles. The van der Waals surface area contributed by atoms with Gasteiger partial charge >= 0.3 is 7.82 Å². The van der Waals surface area contributed by atoms with Crippen molar-refractivity contribution in [2.75, 3.05) is 0 Å². The van der Waals surface area contributed by atoms with Gasteiger partial charge in [-0.2, -0.15) is 0 Å². The lowest BCUT2D eigenvalue weighted by Gasteiger charge is -2.12. The van der Waals surface area contributed by atoms with Crippen LogP contribution in [0.4, 0.5) is 17.2 Å². The molecule has 14 heteroatoms. The molecule has 0 atom stereocenters. The number of carbonyl (C=O) groups excluding carboxylic acids is 1. The van der Waals surface area contributed by atoms with Gasteiger partial charge in [-0.25, -0.2) is 9.55 Å². The zero-order valence-electron chi connectivity index (χ0n) is 14.0. The van der Waals surface area contributed by atoms with Crippen molar-refractivity contribution in [3.63, 3.8) is 0 Å². The minimum atomic E-state index is -4.90. The van der Waals surface area contributed by atoms with E-state index in [9.17, 15) is 24.6 Å². The molecule has 2 rings (SSSR count). The molecule has 12 nitrogen and oxygen atoms in total. The number of hydrogen-bond donors (Lipinski definition) is 3. The first kappa shape index (κ1) is 21.5. The van der Waals surface area contributed by atoms with Crippen molar-refractivity contribution in [1.29, 1.82) is 0 Å². The first-order chi connectivity index (χ1) is 13.0. The summed E-state index contributed by atoms with van der Waals surface area (Å²) in [6, 6.07) is 3.61. The second kappa shape index (κ2) is 8.50. The van der Waals surface area contributed by atoms with Gasteiger partial charge in [0.15, 0.2) is 12.1 Å². The largest absolute Gasteiger partial charge is 0.505 e. The first-order valence-corrected chi connectivity index (χ1v) is 9.17. The number of nitro benzene ring substituents is 1. The highest BCUT2D eigenvalue weighted by Crippen LogP contribution is 2.40. The standard InChI is InChI=1S/C14H12ClN4O8P/c1-7-13(21)9(5-20)10(6-27-28(24,25)26)14(16-7)18-17-8-2-3-11(15)12(4-8)19(22)23/h2-5,21H,6H2,1H3,(H2,24,25,26)/b18-17+. The van der Waals surface area contributed by atoms with E-state index in [1.807, 2.05) is 0 Å². The fraction of sp³-hybridized carbons (Fsp3) is 0.143. The molecule has 28 heavy (non-hydrogen) atoms. The number of benzene rings is 1. The van der Waals surface area contributed by atoms with Crippen LogP contribution in [0.15, 0.2) is 28.4 Å². The highest BCUT2D eigenvalue weighted by atomic mass is 35.5. The fourth-order valence-electron chi connectivity index (χ4n) is 2.05. The van der Waals surface area contributed by atoms with Gasteiger partial charge in [-0.15, -0.1) is 10.2 Å². The summed E-state index contributed by atoms with van der Waals surface area (Å²) >= 11 is 5.71. The van der Waals surface area contributed by atoms with Crippen LogP contribution in [0.5, 0.6) is 5.75 Å². The molecule has 1 aromatic carbocycles. The highest BCUT2D eigenvalue weighted by Gasteiger charge is 2.22. The van der Waals surface area contributed by atoms with Gasteiger partial charge in [0.05, 0.1) is 28.5 Å². The van der Waals surface area contributed by atoms with E-state index in [2.05, 4.69) is 19.7 Å². The summed E-state index contributed by atoms with van der Waals surface area (Å²) in [5.74, 6) is -0.788. The summed E-state index contributed by atoms with van der Waals surface area (Å²) < 4.78 is 15.3. The number of nitro groups is 1. The maximum atomic E-state index is 11.3. The second-order valence-corrected chi connectivity index (χ2v) is 6.88. The number of nitrogens with zero attached hydrogens (tertiary/aromatic N) is 4. The summed E-state index contributed by atoms with van der Waals surface area (Å²) in [5.41, 5.74) is -0.951. The summed E-state index contributed by atoms with van der Waals surface area (Å²) in [7, 11) is -4.90. The first-order valence-electron chi connectivity index (χ1n) is 7.27. The van der Waals surface area contributed by atoms with Gasteiger partial charge < -0.3 is 14.9 Å². The Labute approximate surface area is 161 Å². The van der Waals surface area contributed by atoms with Gasteiger partial charge in [-0.3, -0.25) is 19.4 Å². The molecule has 0 spiro atoms. The maximum Gasteiger partial charge on any atom is 0.469 e. The molecular weight excluding hydrogens is 419 g/mol. The summed E-state index contributed by atoms with van der Waals surface area (Å²) in [4.78, 5) is 43.2. The number of azo groups is 1. The number of halogens is 1. The van der Waals surface area contributed by atoms with Crippen molar-refractivity contribution in [3.8, 4) is 5.75 Å². The van der Waals surface area contributed by atoms with Crippen molar-refractivity contribution in [2.45, 2.75) is 13.5 Å². The van der Waals surface area contributed by atoms with Crippen LogP contribution in [0.1, 0.15) is 21.6 Å². The Morgan fingerprint density at radius 3 is 2.64 bits per heavy atom. The Balaban J connectivity index is 2.52. The summed E-state index contributed by atoms with van der Waals surface area (Å²) in [6.07, 6.45) is 0.245. The average molecular weight is 431 g/mol. The number of phosphoric acid groups is 1. The number of aromatic nitrogens is 1. The molecule has 1 aromatic heterocycles. The summed E-state index contributed by atoms with van der Waals surface area (Å²) in [5, 5.41) is 28.3. The minimum Gasteiger partial charge on any atom is -0.505 e. The SMILES string of the molecule is Cc1nc(/N=N/c2ccc(Cl)c([N+](=O)[O-])c2)c(COP(=O)(O)O)c(C=O)c1O. The lowest BCUT2D eigenvalue weighted by atomic mass is 10.1. The van der Waals surface area contributed by atoms with Crippen molar-refractivity contribution >= 4 is 42.9 Å². The molecule has 0 bridgehead atoms. The molecule has 0 unspecified atom stereocenters. The van der Waals surface area contributed by atoms with Crippen LogP contribution in [0.2, 0.25) is 5.02 Å². The molecule has 0 radical (unpaired) electrons. The zero-order chi connectivity index (χ0) is 21.1. The molecular formula is C14H12ClN4O8P. The van der Waals surface area contributed by atoms with E-state index >= 15 is 0 Å². The van der Waals surface area contributed by atoms with Crippen LogP contribution in [0.25, 0.3) is 0 Å². The number of phosphoric ester groups is 1. The minimum absolute atomic E-state index is 0.00179. The molecule has 148 valence electrons. The number of aldehydes is 1.